The summed E-state index contributed by atoms with van der Waals surface area (Å²) in [6.07, 6.45) is 1.63. The van der Waals surface area contributed by atoms with Gasteiger partial charge in [0.15, 0.2) is 5.69 Å². The molecule has 0 unspecified atom stereocenters. The quantitative estimate of drug-likeness (QED) is 0.771. The summed E-state index contributed by atoms with van der Waals surface area (Å²) in [7, 11) is 0. The lowest BCUT2D eigenvalue weighted by atomic mass is 10.3. The zero-order valence-corrected chi connectivity index (χ0v) is 8.15. The highest BCUT2D eigenvalue weighted by atomic mass is 16.5. The van der Waals surface area contributed by atoms with E-state index < -0.39 is 0 Å². The standard InChI is InChI=1S/C9H10N4O2/c1-6-4-8(13-15-6)9(14)10-5-7-2-3-11-12-7/h2-4H,5H2,1H3,(H,10,14)(H,11,12). The van der Waals surface area contributed by atoms with E-state index in [1.54, 1.807) is 25.3 Å². The molecule has 15 heavy (non-hydrogen) atoms. The number of nitrogens with zero attached hydrogens (tertiary/aromatic N) is 2. The number of aromatic amines is 1. The van der Waals surface area contributed by atoms with Crippen LogP contribution in [0.2, 0.25) is 0 Å². The molecule has 0 spiro atoms. The first-order valence-electron chi connectivity index (χ1n) is 4.45. The van der Waals surface area contributed by atoms with E-state index >= 15 is 0 Å². The molecule has 78 valence electrons. The lowest BCUT2D eigenvalue weighted by Gasteiger charge is -1.98. The Morgan fingerprint density at radius 1 is 1.67 bits per heavy atom. The van der Waals surface area contributed by atoms with Gasteiger partial charge in [0.2, 0.25) is 0 Å². The number of hydrogen-bond donors (Lipinski definition) is 2. The lowest BCUT2D eigenvalue weighted by molar-refractivity contribution is 0.0941. The second-order valence-corrected chi connectivity index (χ2v) is 3.09. The second kappa shape index (κ2) is 3.95. The van der Waals surface area contributed by atoms with Gasteiger partial charge < -0.3 is 9.84 Å². The normalized spacial score (nSPS) is 10.2. The number of rotatable bonds is 3. The maximum absolute atomic E-state index is 11.5. The van der Waals surface area contributed by atoms with Crippen molar-refractivity contribution in [3.05, 3.63) is 35.5 Å². The molecule has 6 heteroatoms. The first-order valence-corrected chi connectivity index (χ1v) is 4.45. The molecule has 0 saturated carbocycles. The fourth-order valence-electron chi connectivity index (χ4n) is 1.12. The van der Waals surface area contributed by atoms with Gasteiger partial charge in [-0.15, -0.1) is 0 Å². The summed E-state index contributed by atoms with van der Waals surface area (Å²) in [5, 5.41) is 12.8. The highest BCUT2D eigenvalue weighted by Gasteiger charge is 2.10. The van der Waals surface area contributed by atoms with E-state index in [-0.39, 0.29) is 11.6 Å². The third kappa shape index (κ3) is 2.22. The van der Waals surface area contributed by atoms with Gasteiger partial charge in [0.25, 0.3) is 5.91 Å². The summed E-state index contributed by atoms with van der Waals surface area (Å²) in [5.41, 5.74) is 1.12. The first-order chi connectivity index (χ1) is 7.25. The number of amides is 1. The van der Waals surface area contributed by atoms with Gasteiger partial charge in [0.05, 0.1) is 12.2 Å². The predicted molar refractivity (Wildman–Crippen MR) is 51.0 cm³/mol. The Bertz CT molecular complexity index is 446. The topological polar surface area (TPSA) is 83.8 Å². The molecule has 0 bridgehead atoms. The van der Waals surface area contributed by atoms with Gasteiger partial charge in [0.1, 0.15) is 5.76 Å². The van der Waals surface area contributed by atoms with E-state index in [0.29, 0.717) is 12.3 Å². The zero-order valence-electron chi connectivity index (χ0n) is 8.15. The van der Waals surface area contributed by atoms with Crippen LogP contribution in [-0.4, -0.2) is 21.3 Å². The van der Waals surface area contributed by atoms with E-state index in [4.69, 9.17) is 4.52 Å². The Hall–Kier alpha value is -2.11. The molecule has 2 heterocycles. The Kier molecular flexibility index (Phi) is 2.49. The molecule has 2 rings (SSSR count). The highest BCUT2D eigenvalue weighted by molar-refractivity contribution is 5.92. The van der Waals surface area contributed by atoms with Crippen LogP contribution in [0.4, 0.5) is 0 Å². The van der Waals surface area contributed by atoms with Crippen molar-refractivity contribution in [2.45, 2.75) is 13.5 Å². The van der Waals surface area contributed by atoms with Crippen LogP contribution in [0, 0.1) is 6.92 Å². The van der Waals surface area contributed by atoms with E-state index in [1.165, 1.54) is 0 Å². The summed E-state index contributed by atoms with van der Waals surface area (Å²) < 4.78 is 4.79. The number of H-pyrrole nitrogens is 1. The van der Waals surface area contributed by atoms with Gasteiger partial charge in [-0.05, 0) is 13.0 Å². The Morgan fingerprint density at radius 3 is 3.13 bits per heavy atom. The van der Waals surface area contributed by atoms with Crippen LogP contribution in [0.25, 0.3) is 0 Å². The number of nitrogens with one attached hydrogen (secondary N) is 2. The smallest absolute Gasteiger partial charge is 0.273 e. The van der Waals surface area contributed by atoms with Crippen molar-refractivity contribution in [2.75, 3.05) is 0 Å². The number of aryl methyl sites for hydroxylation is 1. The Morgan fingerprint density at radius 2 is 2.53 bits per heavy atom. The maximum atomic E-state index is 11.5. The van der Waals surface area contributed by atoms with Crippen LogP contribution in [0.5, 0.6) is 0 Å². The third-order valence-electron chi connectivity index (χ3n) is 1.86. The van der Waals surface area contributed by atoms with Crippen LogP contribution < -0.4 is 5.32 Å². The van der Waals surface area contributed by atoms with Crippen molar-refractivity contribution in [2.24, 2.45) is 0 Å². The summed E-state index contributed by atoms with van der Waals surface area (Å²) in [6.45, 7) is 2.13. The van der Waals surface area contributed by atoms with E-state index in [9.17, 15) is 4.79 Å². The maximum Gasteiger partial charge on any atom is 0.273 e. The van der Waals surface area contributed by atoms with Crippen molar-refractivity contribution in [1.29, 1.82) is 0 Å². The number of carbonyl (C=O) groups excluding carboxylic acids is 1. The average molecular weight is 206 g/mol. The minimum Gasteiger partial charge on any atom is -0.361 e. The number of carbonyl (C=O) groups is 1. The molecule has 0 aliphatic heterocycles. The first kappa shape index (κ1) is 9.45. The summed E-state index contributed by atoms with van der Waals surface area (Å²) in [5.74, 6) is 0.350. The molecule has 2 aromatic rings. The van der Waals surface area contributed by atoms with E-state index in [1.807, 2.05) is 0 Å². The SMILES string of the molecule is Cc1cc(C(=O)NCc2ccn[nH]2)no1. The molecular weight excluding hydrogens is 196 g/mol. The Balaban J connectivity index is 1.93. The minimum atomic E-state index is -0.263. The van der Waals surface area contributed by atoms with E-state index in [2.05, 4.69) is 20.7 Å². The van der Waals surface area contributed by atoms with Gasteiger partial charge in [-0.3, -0.25) is 9.89 Å². The highest BCUT2D eigenvalue weighted by Crippen LogP contribution is 2.01. The molecule has 0 atom stereocenters. The van der Waals surface area contributed by atoms with Crippen molar-refractivity contribution in [3.63, 3.8) is 0 Å². The van der Waals surface area contributed by atoms with Gasteiger partial charge in [-0.25, -0.2) is 0 Å². The fraction of sp³-hybridized carbons (Fsp3) is 0.222. The molecule has 0 saturated heterocycles. The predicted octanol–water partition coefficient (Wildman–Crippen LogP) is 0.636. The second-order valence-electron chi connectivity index (χ2n) is 3.09. The van der Waals surface area contributed by atoms with Gasteiger partial charge in [0, 0.05) is 12.3 Å². The molecule has 2 aromatic heterocycles. The van der Waals surface area contributed by atoms with Crippen LogP contribution in [0.15, 0.2) is 22.9 Å². The van der Waals surface area contributed by atoms with E-state index in [0.717, 1.165) is 5.69 Å². The monoisotopic (exact) mass is 206 g/mol. The molecule has 0 aliphatic rings. The molecule has 0 fully saturated rings. The van der Waals surface area contributed by atoms with Gasteiger partial charge in [-0.1, -0.05) is 5.16 Å². The molecule has 0 radical (unpaired) electrons. The summed E-state index contributed by atoms with van der Waals surface area (Å²) in [6, 6.07) is 3.37. The Labute approximate surface area is 85.7 Å². The molecule has 0 aromatic carbocycles. The summed E-state index contributed by atoms with van der Waals surface area (Å²) >= 11 is 0. The van der Waals surface area contributed by atoms with Crippen LogP contribution >= 0.6 is 0 Å². The van der Waals surface area contributed by atoms with Gasteiger partial charge >= 0.3 is 0 Å². The van der Waals surface area contributed by atoms with Crippen LogP contribution in [0.1, 0.15) is 21.9 Å². The number of hydrogen-bond acceptors (Lipinski definition) is 4. The summed E-state index contributed by atoms with van der Waals surface area (Å²) in [4.78, 5) is 11.5. The third-order valence-corrected chi connectivity index (χ3v) is 1.86. The molecule has 0 aliphatic carbocycles. The van der Waals surface area contributed by atoms with Crippen molar-refractivity contribution >= 4 is 5.91 Å². The average Bonchev–Trinajstić information content (AvgIpc) is 2.84. The van der Waals surface area contributed by atoms with Gasteiger partial charge in [-0.2, -0.15) is 5.10 Å². The zero-order chi connectivity index (χ0) is 10.7. The van der Waals surface area contributed by atoms with Crippen molar-refractivity contribution in [1.82, 2.24) is 20.7 Å². The molecule has 1 amide bonds. The largest absolute Gasteiger partial charge is 0.361 e. The van der Waals surface area contributed by atoms with Crippen molar-refractivity contribution < 1.29 is 9.32 Å². The van der Waals surface area contributed by atoms with Crippen molar-refractivity contribution in [3.8, 4) is 0 Å². The van der Waals surface area contributed by atoms with Crippen LogP contribution in [-0.2, 0) is 6.54 Å². The number of aromatic nitrogens is 3. The molecular formula is C9H10N4O2. The molecule has 6 nitrogen and oxygen atoms in total. The molecule has 2 N–H and O–H groups in total. The van der Waals surface area contributed by atoms with Crippen LogP contribution in [0.3, 0.4) is 0 Å². The lowest BCUT2D eigenvalue weighted by Crippen LogP contribution is -2.23. The minimum absolute atomic E-state index is 0.263. The fourth-order valence-corrected chi connectivity index (χ4v) is 1.12.